The van der Waals surface area contributed by atoms with E-state index in [9.17, 15) is 9.18 Å². The molecule has 0 aromatic heterocycles. The molecule has 1 aromatic carbocycles. The molecule has 0 radical (unpaired) electrons. The molecule has 1 spiro atoms. The van der Waals surface area contributed by atoms with Crippen molar-refractivity contribution in [3.63, 3.8) is 0 Å². The Balaban J connectivity index is 2.24. The van der Waals surface area contributed by atoms with Crippen LogP contribution in [-0.2, 0) is 10.2 Å². The summed E-state index contributed by atoms with van der Waals surface area (Å²) in [5.74, 6) is -0.257. The number of amides is 1. The number of rotatable bonds is 0. The molecule has 1 saturated carbocycles. The Labute approximate surface area is 87.5 Å². The summed E-state index contributed by atoms with van der Waals surface area (Å²) in [4.78, 5) is 11.9. The highest BCUT2D eigenvalue weighted by Crippen LogP contribution is 2.49. The normalized spacial score (nSPS) is 21.8. The van der Waals surface area contributed by atoms with Gasteiger partial charge in [0.2, 0.25) is 5.91 Å². The van der Waals surface area contributed by atoms with Gasteiger partial charge in [0.15, 0.2) is 0 Å². The molecule has 2 nitrogen and oxygen atoms in total. The van der Waals surface area contributed by atoms with E-state index < -0.39 is 5.41 Å². The minimum atomic E-state index is -0.555. The molecule has 1 aromatic rings. The molecule has 2 aliphatic rings. The Bertz CT molecular complexity index is 435. The van der Waals surface area contributed by atoms with Crippen molar-refractivity contribution in [3.8, 4) is 0 Å². The van der Waals surface area contributed by atoms with Crippen LogP contribution in [0.4, 0.5) is 10.1 Å². The van der Waals surface area contributed by atoms with Gasteiger partial charge in [0.1, 0.15) is 5.82 Å². The van der Waals surface area contributed by atoms with Gasteiger partial charge in [0.05, 0.1) is 5.41 Å². The summed E-state index contributed by atoms with van der Waals surface area (Å²) < 4.78 is 13.8. The molecular weight excluding hydrogens is 193 g/mol. The molecule has 1 aliphatic heterocycles. The number of hydrogen-bond donors (Lipinski definition) is 1. The van der Waals surface area contributed by atoms with Crippen LogP contribution >= 0.6 is 0 Å². The van der Waals surface area contributed by atoms with E-state index in [0.717, 1.165) is 25.7 Å². The largest absolute Gasteiger partial charge is 0.325 e. The summed E-state index contributed by atoms with van der Waals surface area (Å²) >= 11 is 0. The third-order valence-corrected chi connectivity index (χ3v) is 3.63. The van der Waals surface area contributed by atoms with Gasteiger partial charge in [-0.2, -0.15) is 0 Å². The van der Waals surface area contributed by atoms with E-state index in [1.165, 1.54) is 6.07 Å². The zero-order valence-corrected chi connectivity index (χ0v) is 8.35. The van der Waals surface area contributed by atoms with Gasteiger partial charge in [-0.25, -0.2) is 4.39 Å². The number of nitrogens with one attached hydrogen (secondary N) is 1. The smallest absolute Gasteiger partial charge is 0.235 e. The topological polar surface area (TPSA) is 29.1 Å². The van der Waals surface area contributed by atoms with E-state index in [-0.39, 0.29) is 11.7 Å². The highest BCUT2D eigenvalue weighted by atomic mass is 19.1. The molecule has 0 saturated heterocycles. The fraction of sp³-hybridized carbons (Fsp3) is 0.417. The number of carbonyl (C=O) groups is 1. The molecule has 0 unspecified atom stereocenters. The van der Waals surface area contributed by atoms with Crippen molar-refractivity contribution in [2.45, 2.75) is 31.1 Å². The Morgan fingerprint density at radius 3 is 2.73 bits per heavy atom. The Hall–Kier alpha value is -1.38. The molecule has 1 fully saturated rings. The first-order valence-electron chi connectivity index (χ1n) is 5.34. The van der Waals surface area contributed by atoms with Gasteiger partial charge in [-0.05, 0) is 25.0 Å². The number of carbonyl (C=O) groups excluding carboxylic acids is 1. The first-order chi connectivity index (χ1) is 7.24. The zero-order valence-electron chi connectivity index (χ0n) is 8.35. The maximum atomic E-state index is 13.8. The van der Waals surface area contributed by atoms with Gasteiger partial charge in [-0.3, -0.25) is 4.79 Å². The van der Waals surface area contributed by atoms with Gasteiger partial charge < -0.3 is 5.32 Å². The Morgan fingerprint density at radius 2 is 2.00 bits per heavy atom. The van der Waals surface area contributed by atoms with Crippen LogP contribution < -0.4 is 5.32 Å². The molecule has 1 aliphatic carbocycles. The van der Waals surface area contributed by atoms with E-state index in [0.29, 0.717) is 11.3 Å². The van der Waals surface area contributed by atoms with Crippen LogP contribution in [0.5, 0.6) is 0 Å². The highest BCUT2D eigenvalue weighted by Gasteiger charge is 2.49. The van der Waals surface area contributed by atoms with Crippen molar-refractivity contribution >= 4 is 11.6 Å². The van der Waals surface area contributed by atoms with Crippen molar-refractivity contribution in [1.29, 1.82) is 0 Å². The summed E-state index contributed by atoms with van der Waals surface area (Å²) in [6.45, 7) is 0. The second kappa shape index (κ2) is 2.81. The third kappa shape index (κ3) is 1.01. The molecule has 78 valence electrons. The van der Waals surface area contributed by atoms with E-state index in [1.807, 2.05) is 0 Å². The highest BCUT2D eigenvalue weighted by molar-refractivity contribution is 6.06. The first kappa shape index (κ1) is 8.89. The van der Waals surface area contributed by atoms with Crippen LogP contribution in [0.1, 0.15) is 31.2 Å². The molecule has 0 atom stereocenters. The Kier molecular flexibility index (Phi) is 1.67. The molecule has 3 rings (SSSR count). The van der Waals surface area contributed by atoms with Crippen molar-refractivity contribution in [1.82, 2.24) is 0 Å². The van der Waals surface area contributed by atoms with Crippen LogP contribution in [0.3, 0.4) is 0 Å². The van der Waals surface area contributed by atoms with Gasteiger partial charge in [-0.15, -0.1) is 0 Å². The summed E-state index contributed by atoms with van der Waals surface area (Å²) in [6, 6.07) is 4.87. The molecule has 1 N–H and O–H groups in total. The molecule has 15 heavy (non-hydrogen) atoms. The van der Waals surface area contributed by atoms with Crippen LogP contribution in [-0.4, -0.2) is 5.91 Å². The van der Waals surface area contributed by atoms with Gasteiger partial charge in [-0.1, -0.05) is 18.9 Å². The van der Waals surface area contributed by atoms with Crippen LogP contribution in [0, 0.1) is 5.82 Å². The molecular formula is C12H12FNO. The van der Waals surface area contributed by atoms with Crippen LogP contribution in [0.15, 0.2) is 18.2 Å². The summed E-state index contributed by atoms with van der Waals surface area (Å²) in [5, 5.41) is 2.79. The Morgan fingerprint density at radius 1 is 1.27 bits per heavy atom. The molecule has 1 amide bonds. The lowest BCUT2D eigenvalue weighted by molar-refractivity contribution is -0.120. The average Bonchev–Trinajstić information content (AvgIpc) is 2.77. The first-order valence-corrected chi connectivity index (χ1v) is 5.34. The van der Waals surface area contributed by atoms with Crippen molar-refractivity contribution < 1.29 is 9.18 Å². The van der Waals surface area contributed by atoms with E-state index in [4.69, 9.17) is 0 Å². The molecule has 3 heteroatoms. The molecule has 1 heterocycles. The van der Waals surface area contributed by atoms with E-state index >= 15 is 0 Å². The van der Waals surface area contributed by atoms with Gasteiger partial charge in [0.25, 0.3) is 0 Å². The quantitative estimate of drug-likeness (QED) is 0.693. The minimum absolute atomic E-state index is 0.0138. The number of benzene rings is 1. The maximum absolute atomic E-state index is 13.8. The van der Waals surface area contributed by atoms with Crippen LogP contribution in [0.25, 0.3) is 0 Å². The lowest BCUT2D eigenvalue weighted by Gasteiger charge is -2.20. The summed E-state index contributed by atoms with van der Waals surface area (Å²) in [7, 11) is 0. The SMILES string of the molecule is O=C1Nc2cccc(F)c2C12CCCC2. The van der Waals surface area contributed by atoms with Crippen LogP contribution in [0.2, 0.25) is 0 Å². The van der Waals surface area contributed by atoms with Gasteiger partial charge in [0, 0.05) is 11.3 Å². The van der Waals surface area contributed by atoms with Gasteiger partial charge >= 0.3 is 0 Å². The zero-order chi connectivity index (χ0) is 10.5. The second-order valence-corrected chi connectivity index (χ2v) is 4.41. The number of halogens is 1. The standard InChI is InChI=1S/C12H12FNO/c13-8-4-3-5-9-10(8)12(11(15)14-9)6-1-2-7-12/h3-5H,1-2,6-7H2,(H,14,15). The minimum Gasteiger partial charge on any atom is -0.325 e. The molecule has 0 bridgehead atoms. The fourth-order valence-electron chi connectivity index (χ4n) is 2.93. The number of anilines is 1. The monoisotopic (exact) mass is 205 g/mol. The fourth-order valence-corrected chi connectivity index (χ4v) is 2.93. The predicted molar refractivity (Wildman–Crippen MR) is 55.2 cm³/mol. The number of hydrogen-bond acceptors (Lipinski definition) is 1. The third-order valence-electron chi connectivity index (χ3n) is 3.63. The van der Waals surface area contributed by atoms with E-state index in [1.54, 1.807) is 12.1 Å². The summed E-state index contributed by atoms with van der Waals surface area (Å²) in [6.07, 6.45) is 3.60. The van der Waals surface area contributed by atoms with E-state index in [2.05, 4.69) is 5.32 Å². The predicted octanol–water partition coefficient (Wildman–Crippen LogP) is 2.59. The van der Waals surface area contributed by atoms with Crippen molar-refractivity contribution in [3.05, 3.63) is 29.6 Å². The lowest BCUT2D eigenvalue weighted by Crippen LogP contribution is -2.31. The second-order valence-electron chi connectivity index (χ2n) is 4.41. The average molecular weight is 205 g/mol. The lowest BCUT2D eigenvalue weighted by atomic mass is 9.80. The van der Waals surface area contributed by atoms with Crippen molar-refractivity contribution in [2.75, 3.05) is 5.32 Å². The van der Waals surface area contributed by atoms with Crippen molar-refractivity contribution in [2.24, 2.45) is 0 Å². The summed E-state index contributed by atoms with van der Waals surface area (Å²) in [5.41, 5.74) is 0.718. The maximum Gasteiger partial charge on any atom is 0.235 e. The number of fused-ring (bicyclic) bond motifs is 2.